The van der Waals surface area contributed by atoms with Crippen LogP contribution in [0.2, 0.25) is 0 Å². The molecule has 25 heavy (non-hydrogen) atoms. The van der Waals surface area contributed by atoms with Crippen molar-refractivity contribution in [2.45, 2.75) is 50.7 Å². The molecule has 1 saturated carbocycles. The number of hydrogen-bond acceptors (Lipinski definition) is 4. The number of anilines is 1. The molecule has 4 nitrogen and oxygen atoms in total. The topological polar surface area (TPSA) is 58.3 Å². The molecular formula is C20H23ClN2O2. The van der Waals surface area contributed by atoms with E-state index in [1.165, 1.54) is 5.56 Å². The summed E-state index contributed by atoms with van der Waals surface area (Å²) in [5.74, 6) is 0.335. The summed E-state index contributed by atoms with van der Waals surface area (Å²) < 4.78 is 5.88. The van der Waals surface area contributed by atoms with Crippen LogP contribution in [0, 0.1) is 5.92 Å². The third kappa shape index (κ3) is 3.75. The number of aromatic nitrogens is 1. The number of nitrogens with one attached hydrogen (secondary N) is 1. The van der Waals surface area contributed by atoms with Gasteiger partial charge in [-0.05, 0) is 49.5 Å². The fourth-order valence-corrected chi connectivity index (χ4v) is 3.95. The van der Waals surface area contributed by atoms with Gasteiger partial charge in [-0.25, -0.2) is 0 Å². The highest BCUT2D eigenvalue weighted by Crippen LogP contribution is 2.29. The molecule has 0 amide bonds. The van der Waals surface area contributed by atoms with Crippen molar-refractivity contribution >= 4 is 28.7 Å². The number of benzene rings is 1. The van der Waals surface area contributed by atoms with E-state index < -0.39 is 0 Å². The van der Waals surface area contributed by atoms with Crippen molar-refractivity contribution in [3.8, 4) is 0 Å². The summed E-state index contributed by atoms with van der Waals surface area (Å²) in [6.45, 7) is 0. The molecule has 1 heterocycles. The van der Waals surface area contributed by atoms with Crippen LogP contribution in [0.1, 0.15) is 37.7 Å². The van der Waals surface area contributed by atoms with E-state index >= 15 is 0 Å². The third-order valence-electron chi connectivity index (χ3n) is 5.18. The number of fused-ring (bicyclic) bond motifs is 1. The van der Waals surface area contributed by atoms with Gasteiger partial charge in [0.2, 0.25) is 0 Å². The summed E-state index contributed by atoms with van der Waals surface area (Å²) in [5.41, 5.74) is 2.80. The SMILES string of the molecule is O[C@@H]1CCCC[C@H]1Nc1nc2ccc(CC3CC=CC=C3Cl)cc2o1. The van der Waals surface area contributed by atoms with Gasteiger partial charge in [0, 0.05) is 11.0 Å². The molecule has 5 heteroatoms. The van der Waals surface area contributed by atoms with Gasteiger partial charge in [0.25, 0.3) is 6.01 Å². The maximum absolute atomic E-state index is 10.1. The number of aliphatic hydroxyl groups is 1. The average Bonchev–Trinajstić information content (AvgIpc) is 3.01. The molecule has 0 aliphatic heterocycles. The predicted octanol–water partition coefficient (Wildman–Crippen LogP) is 4.78. The van der Waals surface area contributed by atoms with Gasteiger partial charge in [-0.3, -0.25) is 0 Å². The minimum Gasteiger partial charge on any atom is -0.424 e. The van der Waals surface area contributed by atoms with Crippen LogP contribution < -0.4 is 5.32 Å². The molecule has 4 rings (SSSR count). The minimum atomic E-state index is -0.326. The van der Waals surface area contributed by atoms with Crippen molar-refractivity contribution in [1.29, 1.82) is 0 Å². The highest BCUT2D eigenvalue weighted by Gasteiger charge is 2.24. The Balaban J connectivity index is 1.49. The fourth-order valence-electron chi connectivity index (χ4n) is 3.71. The number of oxazole rings is 1. The normalized spacial score (nSPS) is 26.6. The number of halogens is 1. The zero-order valence-electron chi connectivity index (χ0n) is 14.1. The lowest BCUT2D eigenvalue weighted by molar-refractivity contribution is 0.115. The molecule has 2 aromatic rings. The van der Waals surface area contributed by atoms with E-state index in [2.05, 4.69) is 22.4 Å². The van der Waals surface area contributed by atoms with Gasteiger partial charge in [-0.1, -0.05) is 42.7 Å². The van der Waals surface area contributed by atoms with Gasteiger partial charge in [0.05, 0.1) is 12.1 Å². The lowest BCUT2D eigenvalue weighted by Gasteiger charge is -2.27. The molecule has 2 aliphatic rings. The number of nitrogens with zero attached hydrogens (tertiary/aromatic N) is 1. The molecule has 1 aromatic heterocycles. The average molecular weight is 359 g/mol. The van der Waals surface area contributed by atoms with Crippen molar-refractivity contribution in [3.05, 3.63) is 47.0 Å². The molecule has 132 valence electrons. The molecular weight excluding hydrogens is 336 g/mol. The third-order valence-corrected chi connectivity index (χ3v) is 5.61. The molecule has 0 spiro atoms. The van der Waals surface area contributed by atoms with Gasteiger partial charge < -0.3 is 14.8 Å². The number of aliphatic hydroxyl groups excluding tert-OH is 1. The molecule has 0 bridgehead atoms. The number of rotatable bonds is 4. The Bertz CT molecular complexity index is 811. The second-order valence-corrected chi connectivity index (χ2v) is 7.48. The Kier molecular flexibility index (Phi) is 4.82. The lowest BCUT2D eigenvalue weighted by Crippen LogP contribution is -2.36. The summed E-state index contributed by atoms with van der Waals surface area (Å²) >= 11 is 6.32. The Labute approximate surface area is 152 Å². The summed E-state index contributed by atoms with van der Waals surface area (Å²) in [4.78, 5) is 4.51. The Morgan fingerprint density at radius 3 is 3.00 bits per heavy atom. The number of allylic oxidation sites excluding steroid dienone is 4. The fraction of sp³-hybridized carbons (Fsp3) is 0.450. The molecule has 1 aromatic carbocycles. The van der Waals surface area contributed by atoms with Crippen molar-refractivity contribution < 1.29 is 9.52 Å². The molecule has 2 N–H and O–H groups in total. The van der Waals surface area contributed by atoms with Crippen LogP contribution in [0.3, 0.4) is 0 Å². The van der Waals surface area contributed by atoms with Crippen LogP contribution in [0.25, 0.3) is 11.1 Å². The van der Waals surface area contributed by atoms with E-state index in [1.807, 2.05) is 24.3 Å². The summed E-state index contributed by atoms with van der Waals surface area (Å²) in [6.07, 6.45) is 11.7. The summed E-state index contributed by atoms with van der Waals surface area (Å²) in [5, 5.41) is 14.3. The van der Waals surface area contributed by atoms with E-state index in [1.54, 1.807) is 0 Å². The van der Waals surface area contributed by atoms with Crippen LogP contribution in [0.5, 0.6) is 0 Å². The summed E-state index contributed by atoms with van der Waals surface area (Å²) in [7, 11) is 0. The first-order valence-corrected chi connectivity index (χ1v) is 9.43. The molecule has 3 atom stereocenters. The van der Waals surface area contributed by atoms with Crippen molar-refractivity contribution in [2.75, 3.05) is 5.32 Å². The van der Waals surface area contributed by atoms with Crippen LogP contribution >= 0.6 is 11.6 Å². The Hall–Kier alpha value is -1.78. The molecule has 1 fully saturated rings. The highest BCUT2D eigenvalue weighted by molar-refractivity contribution is 6.30. The smallest absolute Gasteiger partial charge is 0.295 e. The quantitative estimate of drug-likeness (QED) is 0.825. The van der Waals surface area contributed by atoms with Gasteiger partial charge in [0.15, 0.2) is 5.58 Å². The van der Waals surface area contributed by atoms with Crippen LogP contribution in [0.15, 0.2) is 45.9 Å². The monoisotopic (exact) mass is 358 g/mol. The zero-order chi connectivity index (χ0) is 17.2. The highest BCUT2D eigenvalue weighted by atomic mass is 35.5. The Morgan fingerprint density at radius 2 is 2.16 bits per heavy atom. The largest absolute Gasteiger partial charge is 0.424 e. The first-order valence-electron chi connectivity index (χ1n) is 9.05. The number of hydrogen-bond donors (Lipinski definition) is 2. The lowest BCUT2D eigenvalue weighted by atomic mass is 9.93. The van der Waals surface area contributed by atoms with E-state index in [-0.39, 0.29) is 12.1 Å². The van der Waals surface area contributed by atoms with Gasteiger partial charge >= 0.3 is 0 Å². The van der Waals surface area contributed by atoms with E-state index in [9.17, 15) is 5.11 Å². The molecule has 0 radical (unpaired) electrons. The van der Waals surface area contributed by atoms with E-state index in [4.69, 9.17) is 16.0 Å². The molecule has 0 saturated heterocycles. The second-order valence-electron chi connectivity index (χ2n) is 7.04. The van der Waals surface area contributed by atoms with Gasteiger partial charge in [-0.15, -0.1) is 0 Å². The minimum absolute atomic E-state index is 0.0271. The van der Waals surface area contributed by atoms with Crippen molar-refractivity contribution in [2.24, 2.45) is 5.92 Å². The van der Waals surface area contributed by atoms with Crippen LogP contribution in [-0.4, -0.2) is 22.2 Å². The van der Waals surface area contributed by atoms with E-state index in [0.717, 1.165) is 54.7 Å². The van der Waals surface area contributed by atoms with Crippen LogP contribution in [0.4, 0.5) is 6.01 Å². The maximum atomic E-state index is 10.1. The van der Waals surface area contributed by atoms with Crippen molar-refractivity contribution in [1.82, 2.24) is 4.98 Å². The first-order chi connectivity index (χ1) is 12.2. The zero-order valence-corrected chi connectivity index (χ0v) is 14.9. The van der Waals surface area contributed by atoms with Crippen LogP contribution in [-0.2, 0) is 6.42 Å². The van der Waals surface area contributed by atoms with Gasteiger partial charge in [0.1, 0.15) is 5.52 Å². The summed E-state index contributed by atoms with van der Waals surface area (Å²) in [6, 6.07) is 6.66. The van der Waals surface area contributed by atoms with E-state index in [0.29, 0.717) is 11.9 Å². The standard InChI is InChI=1S/C20H23ClN2O2/c21-15-6-2-1-5-14(15)11-13-9-10-17-19(12-13)25-20(23-17)22-16-7-3-4-8-18(16)24/h1-2,6,9-10,12,14,16,18,24H,3-5,7-8,11H2,(H,22,23)/t14?,16-,18-/m1/s1. The molecule has 1 unspecified atom stereocenters. The van der Waals surface area contributed by atoms with Crippen molar-refractivity contribution in [3.63, 3.8) is 0 Å². The second kappa shape index (κ2) is 7.22. The van der Waals surface area contributed by atoms with Gasteiger partial charge in [-0.2, -0.15) is 4.98 Å². The molecule has 2 aliphatic carbocycles. The predicted molar refractivity (Wildman–Crippen MR) is 101 cm³/mol. The Morgan fingerprint density at radius 1 is 1.28 bits per heavy atom. The maximum Gasteiger partial charge on any atom is 0.295 e. The first kappa shape index (κ1) is 16.7.